The molecule has 0 bridgehead atoms. The predicted molar refractivity (Wildman–Crippen MR) is 117 cm³/mol. The van der Waals surface area contributed by atoms with Crippen molar-refractivity contribution in [3.05, 3.63) is 47.4 Å². The Labute approximate surface area is 183 Å². The maximum atomic E-state index is 14.1. The molecule has 1 saturated heterocycles. The summed E-state index contributed by atoms with van der Waals surface area (Å²) in [6.45, 7) is 3.33. The van der Waals surface area contributed by atoms with E-state index in [0.29, 0.717) is 43.8 Å². The van der Waals surface area contributed by atoms with Gasteiger partial charge in [-0.15, -0.1) is 11.3 Å². The molecule has 0 aliphatic carbocycles. The Morgan fingerprint density at radius 1 is 1.29 bits per heavy atom. The summed E-state index contributed by atoms with van der Waals surface area (Å²) in [5.74, 6) is -0.313. The van der Waals surface area contributed by atoms with Crippen molar-refractivity contribution in [1.29, 1.82) is 0 Å². The van der Waals surface area contributed by atoms with Gasteiger partial charge in [-0.25, -0.2) is 14.2 Å². The monoisotopic (exact) mass is 444 g/mol. The highest BCUT2D eigenvalue weighted by atomic mass is 32.1. The summed E-state index contributed by atoms with van der Waals surface area (Å²) in [6.07, 6.45) is 3.91. The lowest BCUT2D eigenvalue weighted by atomic mass is 10.1. The molecule has 7 nitrogen and oxygen atoms in total. The van der Waals surface area contributed by atoms with Crippen LogP contribution in [0.4, 0.5) is 9.18 Å². The van der Waals surface area contributed by atoms with Gasteiger partial charge in [0.2, 0.25) is 5.91 Å². The van der Waals surface area contributed by atoms with E-state index in [1.54, 1.807) is 30.0 Å². The zero-order valence-electron chi connectivity index (χ0n) is 17.3. The number of rotatable bonds is 6. The van der Waals surface area contributed by atoms with Crippen LogP contribution >= 0.6 is 11.3 Å². The lowest BCUT2D eigenvalue weighted by Gasteiger charge is -2.31. The van der Waals surface area contributed by atoms with Crippen LogP contribution in [-0.4, -0.2) is 52.0 Å². The van der Waals surface area contributed by atoms with E-state index >= 15 is 0 Å². The van der Waals surface area contributed by atoms with Crippen LogP contribution in [0.2, 0.25) is 0 Å². The van der Waals surface area contributed by atoms with E-state index in [9.17, 15) is 14.0 Å². The highest BCUT2D eigenvalue weighted by Gasteiger charge is 2.24. The van der Waals surface area contributed by atoms with Crippen molar-refractivity contribution in [3.8, 4) is 11.3 Å². The van der Waals surface area contributed by atoms with Crippen molar-refractivity contribution in [2.24, 2.45) is 0 Å². The Balaban J connectivity index is 1.31. The summed E-state index contributed by atoms with van der Waals surface area (Å²) >= 11 is 1.48. The average Bonchev–Trinajstić information content (AvgIpc) is 3.34. The summed E-state index contributed by atoms with van der Waals surface area (Å²) in [6, 6.07) is 6.64. The fourth-order valence-corrected chi connectivity index (χ4v) is 4.68. The first-order valence-corrected chi connectivity index (χ1v) is 11.3. The van der Waals surface area contributed by atoms with Crippen molar-refractivity contribution >= 4 is 28.3 Å². The number of fused-ring (bicyclic) bond motifs is 1. The van der Waals surface area contributed by atoms with Crippen LogP contribution in [0.1, 0.15) is 31.9 Å². The molecule has 1 N–H and O–H groups in total. The number of aromatic nitrogens is 2. The van der Waals surface area contributed by atoms with Crippen LogP contribution in [0.3, 0.4) is 0 Å². The minimum absolute atomic E-state index is 0.0108. The molecule has 164 valence electrons. The zero-order chi connectivity index (χ0) is 21.8. The van der Waals surface area contributed by atoms with Gasteiger partial charge in [0.1, 0.15) is 5.82 Å². The van der Waals surface area contributed by atoms with Crippen LogP contribution in [0.5, 0.6) is 0 Å². The van der Waals surface area contributed by atoms with E-state index in [0.717, 1.165) is 23.5 Å². The Morgan fingerprint density at radius 3 is 2.81 bits per heavy atom. The van der Waals surface area contributed by atoms with Gasteiger partial charge in [-0.1, -0.05) is 12.1 Å². The number of benzene rings is 1. The first-order valence-electron chi connectivity index (χ1n) is 10.5. The van der Waals surface area contributed by atoms with E-state index in [1.807, 2.05) is 16.0 Å². The molecule has 4 rings (SSSR count). The van der Waals surface area contributed by atoms with Crippen molar-refractivity contribution in [2.75, 3.05) is 19.7 Å². The number of carbonyl (C=O) groups is 2. The molecule has 2 amide bonds. The fourth-order valence-electron chi connectivity index (χ4n) is 3.77. The number of ether oxygens (including phenoxy) is 1. The number of piperidine rings is 1. The minimum Gasteiger partial charge on any atom is -0.450 e. The number of hydrogen-bond donors (Lipinski definition) is 1. The van der Waals surface area contributed by atoms with E-state index in [4.69, 9.17) is 4.74 Å². The van der Waals surface area contributed by atoms with Crippen molar-refractivity contribution in [1.82, 2.24) is 19.6 Å². The Hall–Kier alpha value is -2.94. The summed E-state index contributed by atoms with van der Waals surface area (Å²) < 4.78 is 21.0. The summed E-state index contributed by atoms with van der Waals surface area (Å²) in [5, 5.41) is 5.06. The van der Waals surface area contributed by atoms with Gasteiger partial charge in [-0.2, -0.15) is 0 Å². The second-order valence-corrected chi connectivity index (χ2v) is 8.35. The molecule has 0 saturated carbocycles. The molecule has 0 unspecified atom stereocenters. The smallest absolute Gasteiger partial charge is 0.409 e. The van der Waals surface area contributed by atoms with Gasteiger partial charge in [-0.3, -0.25) is 9.20 Å². The summed E-state index contributed by atoms with van der Waals surface area (Å²) in [4.78, 5) is 31.2. The molecule has 0 radical (unpaired) electrons. The average molecular weight is 445 g/mol. The third-order valence-corrected chi connectivity index (χ3v) is 6.32. The number of aryl methyl sites for hydroxylation is 1. The molecular formula is C22H25FN4O3S. The lowest BCUT2D eigenvalue weighted by molar-refractivity contribution is -0.122. The van der Waals surface area contributed by atoms with E-state index in [2.05, 4.69) is 10.3 Å². The van der Waals surface area contributed by atoms with Gasteiger partial charge in [0.05, 0.1) is 12.3 Å². The number of nitrogens with one attached hydrogen (secondary N) is 1. The molecule has 3 aromatic rings. The minimum atomic E-state index is -0.303. The van der Waals surface area contributed by atoms with Crippen LogP contribution in [0.15, 0.2) is 35.8 Å². The van der Waals surface area contributed by atoms with Crippen molar-refractivity contribution < 1.29 is 18.7 Å². The van der Waals surface area contributed by atoms with Gasteiger partial charge < -0.3 is 15.0 Å². The Bertz CT molecular complexity index is 1070. The Kier molecular flexibility index (Phi) is 6.50. The molecule has 1 fully saturated rings. The standard InChI is InChI=1S/C22H25FN4O3S/c1-2-30-22(29)26-11-9-15(10-12-26)24-20(28)8-7-16-14-31-21-25-19(13-27(16)21)17-5-3-4-6-18(17)23/h3-6,13-15H,2,7-12H2,1H3,(H,24,28). The molecule has 3 heterocycles. The van der Waals surface area contributed by atoms with Crippen molar-refractivity contribution in [3.63, 3.8) is 0 Å². The number of hydrogen-bond acceptors (Lipinski definition) is 5. The van der Waals surface area contributed by atoms with Crippen LogP contribution in [-0.2, 0) is 16.0 Å². The number of thiazole rings is 1. The van der Waals surface area contributed by atoms with Gasteiger partial charge >= 0.3 is 6.09 Å². The normalized spacial score (nSPS) is 14.7. The second kappa shape index (κ2) is 9.47. The number of likely N-dealkylation sites (tertiary alicyclic amines) is 1. The van der Waals surface area contributed by atoms with Crippen LogP contribution in [0.25, 0.3) is 16.2 Å². The third-order valence-electron chi connectivity index (χ3n) is 5.43. The van der Waals surface area contributed by atoms with E-state index < -0.39 is 0 Å². The third kappa shape index (κ3) is 4.87. The Morgan fingerprint density at radius 2 is 2.06 bits per heavy atom. The maximum Gasteiger partial charge on any atom is 0.409 e. The molecular weight excluding hydrogens is 419 g/mol. The van der Waals surface area contributed by atoms with E-state index in [1.165, 1.54) is 17.4 Å². The first kappa shape index (κ1) is 21.3. The molecule has 2 aromatic heterocycles. The van der Waals surface area contributed by atoms with Crippen molar-refractivity contribution in [2.45, 2.75) is 38.6 Å². The topological polar surface area (TPSA) is 75.9 Å². The summed E-state index contributed by atoms with van der Waals surface area (Å²) in [7, 11) is 0. The highest BCUT2D eigenvalue weighted by Crippen LogP contribution is 2.26. The largest absolute Gasteiger partial charge is 0.450 e. The van der Waals surface area contributed by atoms with Gasteiger partial charge in [0, 0.05) is 48.4 Å². The highest BCUT2D eigenvalue weighted by molar-refractivity contribution is 7.15. The number of imidazole rings is 1. The summed E-state index contributed by atoms with van der Waals surface area (Å²) in [5.41, 5.74) is 2.03. The number of amides is 2. The molecule has 9 heteroatoms. The molecule has 1 aliphatic rings. The van der Waals surface area contributed by atoms with Gasteiger partial charge in [0.15, 0.2) is 4.96 Å². The number of halogens is 1. The molecule has 1 aliphatic heterocycles. The molecule has 0 atom stereocenters. The molecule has 0 spiro atoms. The molecule has 31 heavy (non-hydrogen) atoms. The fraction of sp³-hybridized carbons (Fsp3) is 0.409. The van der Waals surface area contributed by atoms with Crippen LogP contribution in [0, 0.1) is 5.82 Å². The van der Waals surface area contributed by atoms with E-state index in [-0.39, 0.29) is 23.9 Å². The predicted octanol–water partition coefficient (Wildman–Crippen LogP) is 3.87. The van der Waals surface area contributed by atoms with Crippen LogP contribution < -0.4 is 5.32 Å². The second-order valence-electron chi connectivity index (χ2n) is 7.51. The SMILES string of the molecule is CCOC(=O)N1CCC(NC(=O)CCc2csc3nc(-c4ccccc4F)cn23)CC1. The number of carbonyl (C=O) groups excluding carboxylic acids is 2. The first-order chi connectivity index (χ1) is 15.0. The number of nitrogens with zero attached hydrogens (tertiary/aromatic N) is 3. The zero-order valence-corrected chi connectivity index (χ0v) is 18.2. The lowest BCUT2D eigenvalue weighted by Crippen LogP contribution is -2.46. The van der Waals surface area contributed by atoms with Gasteiger partial charge in [0.25, 0.3) is 0 Å². The van der Waals surface area contributed by atoms with Gasteiger partial charge in [-0.05, 0) is 38.3 Å². The molecule has 1 aromatic carbocycles. The maximum absolute atomic E-state index is 14.1. The quantitative estimate of drug-likeness (QED) is 0.626.